The first-order chi connectivity index (χ1) is 16.4. The number of thioether (sulfide) groups is 1. The van der Waals surface area contributed by atoms with Gasteiger partial charge in [0.25, 0.3) is 0 Å². The minimum Gasteiger partial charge on any atom is -0.466 e. The topological polar surface area (TPSA) is 106 Å². The number of ether oxygens (including phenoxy) is 1. The normalized spacial score (nSPS) is 17.3. The monoisotopic (exact) mass is 485 g/mol. The van der Waals surface area contributed by atoms with Crippen LogP contribution < -0.4 is 5.32 Å². The van der Waals surface area contributed by atoms with E-state index in [1.54, 1.807) is 6.92 Å². The number of nitrogens with zero attached hydrogens (tertiary/aromatic N) is 4. The maximum absolute atomic E-state index is 13.2. The molecule has 2 fully saturated rings. The van der Waals surface area contributed by atoms with E-state index in [0.29, 0.717) is 49.3 Å². The van der Waals surface area contributed by atoms with Gasteiger partial charge in [-0.15, -0.1) is 10.2 Å². The lowest BCUT2D eigenvalue weighted by atomic mass is 9.97. The van der Waals surface area contributed by atoms with Gasteiger partial charge in [-0.2, -0.15) is 0 Å². The molecule has 2 aromatic rings. The van der Waals surface area contributed by atoms with Crippen LogP contribution in [0.4, 0.5) is 5.69 Å². The minimum atomic E-state index is -0.354. The van der Waals surface area contributed by atoms with Crippen LogP contribution in [0.2, 0.25) is 0 Å². The minimum absolute atomic E-state index is 0.0295. The Bertz CT molecular complexity index is 1060. The van der Waals surface area contributed by atoms with E-state index in [2.05, 4.69) is 15.5 Å². The van der Waals surface area contributed by atoms with E-state index in [-0.39, 0.29) is 29.0 Å². The first kappa shape index (κ1) is 24.3. The molecule has 1 atom stereocenters. The van der Waals surface area contributed by atoms with Gasteiger partial charge in [0.15, 0.2) is 5.16 Å². The highest BCUT2D eigenvalue weighted by Gasteiger charge is 2.34. The summed E-state index contributed by atoms with van der Waals surface area (Å²) in [4.78, 5) is 38.5. The molecule has 182 valence electrons. The van der Waals surface area contributed by atoms with Gasteiger partial charge in [-0.3, -0.25) is 19.0 Å². The summed E-state index contributed by atoms with van der Waals surface area (Å²) in [6.07, 6.45) is 3.38. The number of piperidine rings is 1. The zero-order chi connectivity index (χ0) is 24.2. The van der Waals surface area contributed by atoms with E-state index < -0.39 is 0 Å². The van der Waals surface area contributed by atoms with Crippen LogP contribution >= 0.6 is 11.8 Å². The highest BCUT2D eigenvalue weighted by molar-refractivity contribution is 8.00. The summed E-state index contributed by atoms with van der Waals surface area (Å²) >= 11 is 1.39. The molecular weight excluding hydrogens is 454 g/mol. The van der Waals surface area contributed by atoms with Crippen LogP contribution in [0.1, 0.15) is 58.2 Å². The van der Waals surface area contributed by atoms with Gasteiger partial charge in [0, 0.05) is 31.6 Å². The first-order valence-electron chi connectivity index (χ1n) is 11.8. The van der Waals surface area contributed by atoms with Gasteiger partial charge in [-0.1, -0.05) is 17.8 Å². The van der Waals surface area contributed by atoms with Gasteiger partial charge in [-0.25, -0.2) is 0 Å². The molecule has 0 bridgehead atoms. The Morgan fingerprint density at radius 2 is 1.91 bits per heavy atom. The lowest BCUT2D eigenvalue weighted by Crippen LogP contribution is -2.43. The predicted octanol–water partition coefficient (Wildman–Crippen LogP) is 3.39. The Kier molecular flexibility index (Phi) is 7.55. The number of carbonyl (C=O) groups excluding carboxylic acids is 3. The van der Waals surface area contributed by atoms with Crippen molar-refractivity contribution in [3.8, 4) is 5.69 Å². The third-order valence-electron chi connectivity index (χ3n) is 6.08. The van der Waals surface area contributed by atoms with E-state index in [1.807, 2.05) is 40.7 Å². The van der Waals surface area contributed by atoms with Crippen LogP contribution in [0.3, 0.4) is 0 Å². The molecule has 1 saturated heterocycles. The fourth-order valence-electron chi connectivity index (χ4n) is 4.19. The summed E-state index contributed by atoms with van der Waals surface area (Å²) < 4.78 is 7.13. The molecule has 1 N–H and O–H groups in total. The summed E-state index contributed by atoms with van der Waals surface area (Å²) in [6, 6.07) is 7.57. The SMILES string of the molecule is CCOC(=O)C1CCN(C(=O)C(C)Sc2nnc(C3CC3)n2-c2cccc(NC(C)=O)c2)CC1. The molecule has 0 spiro atoms. The second-order valence-corrected chi connectivity index (χ2v) is 10.1. The van der Waals surface area contributed by atoms with Gasteiger partial charge in [-0.05, 0) is 57.7 Å². The van der Waals surface area contributed by atoms with Crippen LogP contribution in [-0.2, 0) is 19.1 Å². The number of amides is 2. The average molecular weight is 486 g/mol. The summed E-state index contributed by atoms with van der Waals surface area (Å²) in [6.45, 7) is 6.64. The van der Waals surface area contributed by atoms with Gasteiger partial charge >= 0.3 is 5.97 Å². The maximum atomic E-state index is 13.2. The lowest BCUT2D eigenvalue weighted by molar-refractivity contribution is -0.151. The van der Waals surface area contributed by atoms with Crippen molar-refractivity contribution in [1.29, 1.82) is 0 Å². The van der Waals surface area contributed by atoms with Crippen molar-refractivity contribution >= 4 is 35.2 Å². The number of carbonyl (C=O) groups is 3. The van der Waals surface area contributed by atoms with Crippen molar-refractivity contribution in [3.05, 3.63) is 30.1 Å². The molecule has 0 radical (unpaired) electrons. The van der Waals surface area contributed by atoms with Gasteiger partial charge < -0.3 is 15.0 Å². The number of rotatable bonds is 8. The molecule has 34 heavy (non-hydrogen) atoms. The fourth-order valence-corrected chi connectivity index (χ4v) is 5.15. The number of esters is 1. The molecule has 1 aromatic heterocycles. The lowest BCUT2D eigenvalue weighted by Gasteiger charge is -2.32. The zero-order valence-corrected chi connectivity index (χ0v) is 20.6. The standard InChI is InChI=1S/C24H31N5O4S/c1-4-33-23(32)18-10-12-28(13-11-18)22(31)15(2)34-24-27-26-21(17-8-9-17)29(24)20-7-5-6-19(14-20)25-16(3)30/h5-7,14-15,17-18H,4,8-13H2,1-3H3,(H,25,30). The van der Waals surface area contributed by atoms with Crippen LogP contribution in [0.5, 0.6) is 0 Å². The molecule has 2 heterocycles. The van der Waals surface area contributed by atoms with E-state index >= 15 is 0 Å². The first-order valence-corrected chi connectivity index (χ1v) is 12.7. The summed E-state index contributed by atoms with van der Waals surface area (Å²) in [5, 5.41) is 12.0. The molecule has 1 aliphatic heterocycles. The molecule has 2 aliphatic rings. The van der Waals surface area contributed by atoms with E-state index in [0.717, 1.165) is 24.4 Å². The molecule has 4 rings (SSSR count). The van der Waals surface area contributed by atoms with Gasteiger partial charge in [0.1, 0.15) is 5.82 Å². The molecule has 2 amide bonds. The van der Waals surface area contributed by atoms with Crippen molar-refractivity contribution < 1.29 is 19.1 Å². The zero-order valence-electron chi connectivity index (χ0n) is 19.8. The van der Waals surface area contributed by atoms with Crippen LogP contribution in [0.15, 0.2) is 29.4 Å². The predicted molar refractivity (Wildman–Crippen MR) is 129 cm³/mol. The smallest absolute Gasteiger partial charge is 0.309 e. The number of benzene rings is 1. The number of nitrogens with one attached hydrogen (secondary N) is 1. The number of hydrogen-bond acceptors (Lipinski definition) is 7. The van der Waals surface area contributed by atoms with Crippen molar-refractivity contribution in [2.24, 2.45) is 5.92 Å². The average Bonchev–Trinajstić information content (AvgIpc) is 3.58. The summed E-state index contributed by atoms with van der Waals surface area (Å²) in [7, 11) is 0. The second-order valence-electron chi connectivity index (χ2n) is 8.79. The van der Waals surface area contributed by atoms with Gasteiger partial charge in [0.05, 0.1) is 23.5 Å². The Hall–Kier alpha value is -2.88. The van der Waals surface area contributed by atoms with Crippen molar-refractivity contribution in [1.82, 2.24) is 19.7 Å². The molecule has 1 aliphatic carbocycles. The Morgan fingerprint density at radius 3 is 2.56 bits per heavy atom. The van der Waals surface area contributed by atoms with Gasteiger partial charge in [0.2, 0.25) is 11.8 Å². The maximum Gasteiger partial charge on any atom is 0.309 e. The van der Waals surface area contributed by atoms with Crippen LogP contribution in [-0.4, -0.2) is 62.4 Å². The molecular formula is C24H31N5O4S. The molecule has 1 saturated carbocycles. The Morgan fingerprint density at radius 1 is 1.18 bits per heavy atom. The molecule has 1 unspecified atom stereocenters. The molecule has 10 heteroatoms. The third kappa shape index (κ3) is 5.60. The Balaban J connectivity index is 1.47. The summed E-state index contributed by atoms with van der Waals surface area (Å²) in [5.74, 6) is 0.841. The molecule has 1 aromatic carbocycles. The highest BCUT2D eigenvalue weighted by Crippen LogP contribution is 2.41. The number of likely N-dealkylation sites (tertiary alicyclic amines) is 1. The highest BCUT2D eigenvalue weighted by atomic mass is 32.2. The van der Waals surface area contributed by atoms with Crippen molar-refractivity contribution in [3.63, 3.8) is 0 Å². The van der Waals surface area contributed by atoms with Crippen LogP contribution in [0.25, 0.3) is 5.69 Å². The number of aromatic nitrogens is 3. The van der Waals surface area contributed by atoms with E-state index in [1.165, 1.54) is 18.7 Å². The molecule has 9 nitrogen and oxygen atoms in total. The largest absolute Gasteiger partial charge is 0.466 e. The second kappa shape index (κ2) is 10.6. The van der Waals surface area contributed by atoms with Crippen LogP contribution in [0, 0.1) is 5.92 Å². The van der Waals surface area contributed by atoms with Crippen molar-refractivity contribution in [2.75, 3.05) is 25.0 Å². The Labute approximate surface area is 203 Å². The summed E-state index contributed by atoms with van der Waals surface area (Å²) in [5.41, 5.74) is 1.56. The van der Waals surface area contributed by atoms with E-state index in [9.17, 15) is 14.4 Å². The third-order valence-corrected chi connectivity index (χ3v) is 7.11. The van der Waals surface area contributed by atoms with Crippen molar-refractivity contribution in [2.45, 2.75) is 62.8 Å². The number of anilines is 1. The fraction of sp³-hybridized carbons (Fsp3) is 0.542. The quantitative estimate of drug-likeness (QED) is 0.451. The number of hydrogen-bond donors (Lipinski definition) is 1. The van der Waals surface area contributed by atoms with E-state index in [4.69, 9.17) is 4.74 Å².